The van der Waals surface area contributed by atoms with Gasteiger partial charge < -0.3 is 9.80 Å². The van der Waals surface area contributed by atoms with E-state index in [9.17, 15) is 17.6 Å². The Kier molecular flexibility index (Phi) is 5.91. The van der Waals surface area contributed by atoms with E-state index in [0.717, 1.165) is 43.3 Å². The molecule has 4 rings (SSSR count). The first kappa shape index (κ1) is 21.0. The average Bonchev–Trinajstić information content (AvgIpc) is 3.45. The number of amides is 1. The standard InChI is InChI=1S/C18H22FN5O4S2/c19-14-11-13(3-4-15(14)22-5-1-2-6-22)30(27,28)24-9-7-23(8-10-24)18-20-12-16(29-18)17(25)21-26/h3-4,11-12,26H,1-2,5-10H2,(H,21,25). The van der Waals surface area contributed by atoms with E-state index >= 15 is 0 Å². The van der Waals surface area contributed by atoms with E-state index < -0.39 is 21.7 Å². The second-order valence-electron chi connectivity index (χ2n) is 7.15. The molecule has 9 nitrogen and oxygen atoms in total. The molecule has 2 fully saturated rings. The highest BCUT2D eigenvalue weighted by atomic mass is 32.2. The second kappa shape index (κ2) is 8.46. The van der Waals surface area contributed by atoms with Gasteiger partial charge in [0.25, 0.3) is 5.91 Å². The van der Waals surface area contributed by atoms with Crippen molar-refractivity contribution in [3.05, 3.63) is 35.1 Å². The Labute approximate surface area is 177 Å². The maximum Gasteiger partial charge on any atom is 0.286 e. The number of halogens is 1. The van der Waals surface area contributed by atoms with Crippen LogP contribution in [0.25, 0.3) is 0 Å². The number of anilines is 2. The third-order valence-electron chi connectivity index (χ3n) is 5.33. The fraction of sp³-hybridized carbons (Fsp3) is 0.444. The largest absolute Gasteiger partial charge is 0.369 e. The number of piperazine rings is 1. The molecule has 0 aliphatic carbocycles. The molecule has 1 aromatic carbocycles. The van der Waals surface area contributed by atoms with Crippen LogP contribution in [0.5, 0.6) is 0 Å². The van der Waals surface area contributed by atoms with Gasteiger partial charge in [0.15, 0.2) is 5.13 Å². The lowest BCUT2D eigenvalue weighted by atomic mass is 10.3. The Bertz CT molecular complexity index is 1030. The topological polar surface area (TPSA) is 106 Å². The molecule has 3 heterocycles. The molecule has 1 aromatic heterocycles. The fourth-order valence-corrected chi connectivity index (χ4v) is 5.99. The number of carbonyl (C=O) groups excluding carboxylic acids is 1. The molecule has 0 radical (unpaired) electrons. The molecule has 30 heavy (non-hydrogen) atoms. The molecule has 12 heteroatoms. The highest BCUT2D eigenvalue weighted by molar-refractivity contribution is 7.89. The highest BCUT2D eigenvalue weighted by Crippen LogP contribution is 2.29. The van der Waals surface area contributed by atoms with Crippen LogP contribution < -0.4 is 15.3 Å². The fourth-order valence-electron chi connectivity index (χ4n) is 3.70. The summed E-state index contributed by atoms with van der Waals surface area (Å²) in [5.74, 6) is -1.16. The highest BCUT2D eigenvalue weighted by Gasteiger charge is 2.30. The van der Waals surface area contributed by atoms with Crippen LogP contribution in [0.15, 0.2) is 29.3 Å². The number of nitrogens with one attached hydrogen (secondary N) is 1. The average molecular weight is 456 g/mol. The SMILES string of the molecule is O=C(NO)c1cnc(N2CCN(S(=O)(=O)c3ccc(N4CCCC4)c(F)c3)CC2)s1. The number of sulfonamides is 1. The van der Waals surface area contributed by atoms with Crippen molar-refractivity contribution in [1.29, 1.82) is 0 Å². The van der Waals surface area contributed by atoms with Gasteiger partial charge in [0, 0.05) is 39.3 Å². The smallest absolute Gasteiger partial charge is 0.286 e. The van der Waals surface area contributed by atoms with Gasteiger partial charge in [-0.15, -0.1) is 0 Å². The van der Waals surface area contributed by atoms with Gasteiger partial charge in [0.05, 0.1) is 16.8 Å². The van der Waals surface area contributed by atoms with Crippen LogP contribution in [0.4, 0.5) is 15.2 Å². The van der Waals surface area contributed by atoms with Gasteiger partial charge in [-0.05, 0) is 31.0 Å². The number of thiazole rings is 1. The maximum absolute atomic E-state index is 14.6. The number of hydrogen-bond donors (Lipinski definition) is 2. The van der Waals surface area contributed by atoms with Crippen LogP contribution in [0.1, 0.15) is 22.5 Å². The molecular weight excluding hydrogens is 433 g/mol. The Balaban J connectivity index is 1.44. The normalized spacial score (nSPS) is 18.1. The van der Waals surface area contributed by atoms with E-state index in [1.54, 1.807) is 11.5 Å². The zero-order valence-electron chi connectivity index (χ0n) is 16.1. The van der Waals surface area contributed by atoms with Crippen LogP contribution in [-0.4, -0.2) is 68.1 Å². The zero-order valence-corrected chi connectivity index (χ0v) is 17.8. The van der Waals surface area contributed by atoms with Crippen molar-refractivity contribution in [2.45, 2.75) is 17.7 Å². The van der Waals surface area contributed by atoms with E-state index in [0.29, 0.717) is 23.9 Å². The molecular formula is C18H22FN5O4S2. The van der Waals surface area contributed by atoms with Crippen molar-refractivity contribution in [2.75, 3.05) is 49.1 Å². The molecule has 1 amide bonds. The first-order valence-corrected chi connectivity index (χ1v) is 11.9. The first-order chi connectivity index (χ1) is 14.4. The molecule has 0 unspecified atom stereocenters. The van der Waals surface area contributed by atoms with Gasteiger partial charge >= 0.3 is 0 Å². The summed E-state index contributed by atoms with van der Waals surface area (Å²) in [6.07, 6.45) is 3.38. The predicted molar refractivity (Wildman–Crippen MR) is 110 cm³/mol. The van der Waals surface area contributed by atoms with Crippen LogP contribution in [-0.2, 0) is 10.0 Å². The van der Waals surface area contributed by atoms with E-state index in [2.05, 4.69) is 4.98 Å². The number of benzene rings is 1. The van der Waals surface area contributed by atoms with Gasteiger partial charge in [-0.1, -0.05) is 11.3 Å². The molecule has 0 bridgehead atoms. The number of rotatable bonds is 5. The van der Waals surface area contributed by atoms with E-state index in [4.69, 9.17) is 5.21 Å². The lowest BCUT2D eigenvalue weighted by molar-refractivity contribution is 0.0710. The lowest BCUT2D eigenvalue weighted by Crippen LogP contribution is -2.48. The van der Waals surface area contributed by atoms with E-state index in [1.165, 1.54) is 16.6 Å². The summed E-state index contributed by atoms with van der Waals surface area (Å²) in [4.78, 5) is 19.6. The van der Waals surface area contributed by atoms with Crippen LogP contribution in [0.2, 0.25) is 0 Å². The van der Waals surface area contributed by atoms with Crippen LogP contribution >= 0.6 is 11.3 Å². The third-order valence-corrected chi connectivity index (χ3v) is 8.28. The summed E-state index contributed by atoms with van der Waals surface area (Å²) in [6, 6.07) is 4.13. The van der Waals surface area contributed by atoms with Crippen LogP contribution in [0.3, 0.4) is 0 Å². The Hall–Kier alpha value is -2.28. The van der Waals surface area contributed by atoms with Gasteiger partial charge in [0.2, 0.25) is 10.0 Å². The van der Waals surface area contributed by atoms with Crippen molar-refractivity contribution in [1.82, 2.24) is 14.8 Å². The molecule has 2 aromatic rings. The molecule has 2 aliphatic heterocycles. The summed E-state index contributed by atoms with van der Waals surface area (Å²) >= 11 is 1.11. The van der Waals surface area contributed by atoms with E-state index in [1.807, 2.05) is 9.80 Å². The lowest BCUT2D eigenvalue weighted by Gasteiger charge is -2.33. The Morgan fingerprint density at radius 2 is 1.80 bits per heavy atom. The van der Waals surface area contributed by atoms with Crippen molar-refractivity contribution < 1.29 is 22.8 Å². The minimum atomic E-state index is -3.81. The van der Waals surface area contributed by atoms with Crippen molar-refractivity contribution in [3.8, 4) is 0 Å². The summed E-state index contributed by atoms with van der Waals surface area (Å²) in [5.41, 5.74) is 2.01. The molecule has 0 atom stereocenters. The zero-order chi connectivity index (χ0) is 21.3. The quantitative estimate of drug-likeness (QED) is 0.520. The summed E-state index contributed by atoms with van der Waals surface area (Å²) < 4.78 is 41.9. The molecule has 2 aliphatic rings. The number of hydrogen-bond acceptors (Lipinski definition) is 8. The Morgan fingerprint density at radius 3 is 2.43 bits per heavy atom. The monoisotopic (exact) mass is 455 g/mol. The Morgan fingerprint density at radius 1 is 1.10 bits per heavy atom. The minimum absolute atomic E-state index is 0.0486. The van der Waals surface area contributed by atoms with Crippen molar-refractivity contribution >= 4 is 38.1 Å². The molecule has 0 saturated carbocycles. The van der Waals surface area contributed by atoms with Crippen molar-refractivity contribution in [2.24, 2.45) is 0 Å². The van der Waals surface area contributed by atoms with Gasteiger partial charge in [-0.25, -0.2) is 23.3 Å². The number of nitrogens with zero attached hydrogens (tertiary/aromatic N) is 4. The summed E-state index contributed by atoms with van der Waals surface area (Å²) in [6.45, 7) is 2.78. The van der Waals surface area contributed by atoms with Gasteiger partial charge in [0.1, 0.15) is 10.7 Å². The summed E-state index contributed by atoms with van der Waals surface area (Å²) in [5, 5.41) is 9.28. The third kappa shape index (κ3) is 4.00. The minimum Gasteiger partial charge on any atom is -0.369 e. The summed E-state index contributed by atoms with van der Waals surface area (Å²) in [7, 11) is -3.81. The predicted octanol–water partition coefficient (Wildman–Crippen LogP) is 1.51. The second-order valence-corrected chi connectivity index (χ2v) is 10.1. The number of carbonyl (C=O) groups is 1. The maximum atomic E-state index is 14.6. The molecule has 2 saturated heterocycles. The molecule has 0 spiro atoms. The first-order valence-electron chi connectivity index (χ1n) is 9.60. The van der Waals surface area contributed by atoms with Gasteiger partial charge in [-0.2, -0.15) is 4.31 Å². The number of hydroxylamine groups is 1. The van der Waals surface area contributed by atoms with Gasteiger partial charge in [-0.3, -0.25) is 10.0 Å². The number of aromatic nitrogens is 1. The van der Waals surface area contributed by atoms with Crippen molar-refractivity contribution in [3.63, 3.8) is 0 Å². The molecule has 2 N–H and O–H groups in total. The van der Waals surface area contributed by atoms with E-state index in [-0.39, 0.29) is 22.9 Å². The van der Waals surface area contributed by atoms with Crippen LogP contribution in [0, 0.1) is 5.82 Å². The molecule has 162 valence electrons.